The minimum absolute atomic E-state index is 0.0740. The van der Waals surface area contributed by atoms with Crippen molar-refractivity contribution in [3.63, 3.8) is 0 Å². The van der Waals surface area contributed by atoms with Gasteiger partial charge in [-0.3, -0.25) is 4.79 Å². The number of nitrogens with one attached hydrogen (secondary N) is 1. The Bertz CT molecular complexity index is 515. The fourth-order valence-corrected chi connectivity index (χ4v) is 1.77. The number of ether oxygens (including phenoxy) is 1. The molecule has 1 aromatic rings. The molecule has 0 spiro atoms. The minimum atomic E-state index is -0.0740. The maximum Gasteiger partial charge on any atom is 0.251 e. The average molecular weight is 274 g/mol. The molecule has 1 rings (SSSR count). The van der Waals surface area contributed by atoms with Gasteiger partial charge in [0.05, 0.1) is 6.54 Å². The van der Waals surface area contributed by atoms with Crippen molar-refractivity contribution < 1.29 is 9.53 Å². The van der Waals surface area contributed by atoms with Crippen LogP contribution in [0.15, 0.2) is 18.2 Å². The van der Waals surface area contributed by atoms with E-state index in [1.165, 1.54) is 0 Å². The number of aryl methyl sites for hydroxylation is 1. The lowest BCUT2D eigenvalue weighted by atomic mass is 10.0. The molecule has 0 bridgehead atoms. The van der Waals surface area contributed by atoms with E-state index in [2.05, 4.69) is 17.2 Å². The molecule has 1 atom stereocenters. The Hall–Kier alpha value is -1.83. The van der Waals surface area contributed by atoms with Crippen LogP contribution in [0.1, 0.15) is 34.8 Å². The molecule has 20 heavy (non-hydrogen) atoms. The van der Waals surface area contributed by atoms with E-state index in [-0.39, 0.29) is 11.9 Å². The maximum absolute atomic E-state index is 12.1. The second-order valence-electron chi connectivity index (χ2n) is 4.69. The fraction of sp³-hybridized carbons (Fsp3) is 0.438. The lowest BCUT2D eigenvalue weighted by Crippen LogP contribution is -2.33. The van der Waals surface area contributed by atoms with Gasteiger partial charge >= 0.3 is 0 Å². The number of nitrogens with two attached hydrogens (primary N) is 1. The van der Waals surface area contributed by atoms with Crippen LogP contribution in [-0.4, -0.2) is 32.2 Å². The SMILES string of the molecule is COCCC(C)NC(=O)c1ccc(C#CCN)c(C)c1. The Morgan fingerprint density at radius 3 is 2.85 bits per heavy atom. The van der Waals surface area contributed by atoms with Gasteiger partial charge in [0.25, 0.3) is 5.91 Å². The number of methoxy groups -OCH3 is 1. The normalized spacial score (nSPS) is 11.4. The third-order valence-corrected chi connectivity index (χ3v) is 2.95. The summed E-state index contributed by atoms with van der Waals surface area (Å²) in [5.74, 6) is 5.72. The summed E-state index contributed by atoms with van der Waals surface area (Å²) in [7, 11) is 1.65. The number of carbonyl (C=O) groups excluding carboxylic acids is 1. The Kier molecular flexibility index (Phi) is 6.78. The highest BCUT2D eigenvalue weighted by atomic mass is 16.5. The van der Waals surface area contributed by atoms with Crippen LogP contribution in [0.25, 0.3) is 0 Å². The Morgan fingerprint density at radius 1 is 1.50 bits per heavy atom. The van der Waals surface area contributed by atoms with Crippen LogP contribution in [0.4, 0.5) is 0 Å². The van der Waals surface area contributed by atoms with Gasteiger partial charge in [-0.15, -0.1) is 0 Å². The van der Waals surface area contributed by atoms with Crippen molar-refractivity contribution in [2.24, 2.45) is 5.73 Å². The lowest BCUT2D eigenvalue weighted by Gasteiger charge is -2.13. The molecule has 0 saturated heterocycles. The fourth-order valence-electron chi connectivity index (χ4n) is 1.77. The van der Waals surface area contributed by atoms with Gasteiger partial charge < -0.3 is 15.8 Å². The van der Waals surface area contributed by atoms with Crippen molar-refractivity contribution in [3.8, 4) is 11.8 Å². The first-order chi connectivity index (χ1) is 9.58. The summed E-state index contributed by atoms with van der Waals surface area (Å²) in [6.07, 6.45) is 0.793. The number of rotatable bonds is 5. The van der Waals surface area contributed by atoms with Crippen molar-refractivity contribution in [1.82, 2.24) is 5.32 Å². The summed E-state index contributed by atoms with van der Waals surface area (Å²) in [6, 6.07) is 5.57. The van der Waals surface area contributed by atoms with Gasteiger partial charge in [0.2, 0.25) is 0 Å². The molecule has 4 heteroatoms. The smallest absolute Gasteiger partial charge is 0.251 e. The van der Waals surface area contributed by atoms with Crippen molar-refractivity contribution in [2.75, 3.05) is 20.3 Å². The van der Waals surface area contributed by atoms with Crippen molar-refractivity contribution in [2.45, 2.75) is 26.3 Å². The van der Waals surface area contributed by atoms with E-state index in [0.29, 0.717) is 18.7 Å². The van der Waals surface area contributed by atoms with Gasteiger partial charge in [0, 0.05) is 30.9 Å². The maximum atomic E-state index is 12.1. The van der Waals surface area contributed by atoms with Gasteiger partial charge in [-0.05, 0) is 44.0 Å². The molecule has 0 heterocycles. The van der Waals surface area contributed by atoms with E-state index in [0.717, 1.165) is 17.5 Å². The highest BCUT2D eigenvalue weighted by Gasteiger charge is 2.10. The lowest BCUT2D eigenvalue weighted by molar-refractivity contribution is 0.0929. The highest BCUT2D eigenvalue weighted by Crippen LogP contribution is 2.10. The van der Waals surface area contributed by atoms with Crippen LogP contribution in [-0.2, 0) is 4.74 Å². The molecule has 0 aliphatic carbocycles. The quantitative estimate of drug-likeness (QED) is 0.799. The van der Waals surface area contributed by atoms with E-state index in [9.17, 15) is 4.79 Å². The molecular formula is C16H22N2O2. The average Bonchev–Trinajstić information content (AvgIpc) is 2.43. The number of hydrogen-bond donors (Lipinski definition) is 2. The van der Waals surface area contributed by atoms with E-state index >= 15 is 0 Å². The standard InChI is InChI=1S/C16H22N2O2/c1-12-11-15(7-6-14(12)5-4-9-17)16(19)18-13(2)8-10-20-3/h6-7,11,13H,8-10,17H2,1-3H3,(H,18,19). The molecule has 0 radical (unpaired) electrons. The molecule has 0 aliphatic heterocycles. The van der Waals surface area contributed by atoms with Crippen LogP contribution in [0, 0.1) is 18.8 Å². The molecule has 1 unspecified atom stereocenters. The van der Waals surface area contributed by atoms with Crippen LogP contribution < -0.4 is 11.1 Å². The largest absolute Gasteiger partial charge is 0.385 e. The number of hydrogen-bond acceptors (Lipinski definition) is 3. The van der Waals surface area contributed by atoms with Crippen molar-refractivity contribution in [3.05, 3.63) is 34.9 Å². The summed E-state index contributed by atoms with van der Waals surface area (Å²) in [5, 5.41) is 2.95. The highest BCUT2D eigenvalue weighted by molar-refractivity contribution is 5.94. The Morgan fingerprint density at radius 2 is 2.25 bits per heavy atom. The minimum Gasteiger partial charge on any atom is -0.385 e. The summed E-state index contributed by atoms with van der Waals surface area (Å²) in [5.41, 5.74) is 7.87. The zero-order valence-corrected chi connectivity index (χ0v) is 12.3. The molecule has 0 saturated carbocycles. The van der Waals surface area contributed by atoms with E-state index in [1.54, 1.807) is 13.2 Å². The summed E-state index contributed by atoms with van der Waals surface area (Å²) in [4.78, 5) is 12.1. The first kappa shape index (κ1) is 16.2. The van der Waals surface area contributed by atoms with Gasteiger partial charge in [-0.2, -0.15) is 0 Å². The van der Waals surface area contributed by atoms with Gasteiger partial charge in [0.1, 0.15) is 0 Å². The molecule has 108 valence electrons. The number of amides is 1. The van der Waals surface area contributed by atoms with Gasteiger partial charge in [0.15, 0.2) is 0 Å². The zero-order chi connectivity index (χ0) is 15.0. The first-order valence-electron chi connectivity index (χ1n) is 6.68. The van der Waals surface area contributed by atoms with E-state index in [1.807, 2.05) is 26.0 Å². The van der Waals surface area contributed by atoms with E-state index in [4.69, 9.17) is 10.5 Å². The molecule has 1 aromatic carbocycles. The van der Waals surface area contributed by atoms with Crippen LogP contribution in [0.5, 0.6) is 0 Å². The Labute approximate surface area is 120 Å². The number of benzene rings is 1. The van der Waals surface area contributed by atoms with Crippen molar-refractivity contribution in [1.29, 1.82) is 0 Å². The summed E-state index contributed by atoms with van der Waals surface area (Å²) >= 11 is 0. The topological polar surface area (TPSA) is 64.3 Å². The third-order valence-electron chi connectivity index (χ3n) is 2.95. The molecule has 1 amide bonds. The first-order valence-corrected chi connectivity index (χ1v) is 6.68. The zero-order valence-electron chi connectivity index (χ0n) is 12.3. The molecule has 3 N–H and O–H groups in total. The summed E-state index contributed by atoms with van der Waals surface area (Å²) in [6.45, 7) is 4.86. The van der Waals surface area contributed by atoms with Gasteiger partial charge in [-0.1, -0.05) is 11.8 Å². The monoisotopic (exact) mass is 274 g/mol. The van der Waals surface area contributed by atoms with Crippen molar-refractivity contribution >= 4 is 5.91 Å². The molecule has 0 aliphatic rings. The summed E-state index contributed by atoms with van der Waals surface area (Å²) < 4.78 is 5.00. The van der Waals surface area contributed by atoms with Crippen LogP contribution in [0.2, 0.25) is 0 Å². The predicted octanol–water partition coefficient (Wildman–Crippen LogP) is 1.46. The second-order valence-corrected chi connectivity index (χ2v) is 4.69. The Balaban J connectivity index is 2.72. The van der Waals surface area contributed by atoms with Crippen LogP contribution >= 0.6 is 0 Å². The predicted molar refractivity (Wildman–Crippen MR) is 80.5 cm³/mol. The molecule has 0 fully saturated rings. The van der Waals surface area contributed by atoms with E-state index < -0.39 is 0 Å². The molecule has 4 nitrogen and oxygen atoms in total. The van der Waals surface area contributed by atoms with Gasteiger partial charge in [-0.25, -0.2) is 0 Å². The third kappa shape index (κ3) is 5.04. The molecular weight excluding hydrogens is 252 g/mol. The van der Waals surface area contributed by atoms with Crippen LogP contribution in [0.3, 0.4) is 0 Å². The number of carbonyl (C=O) groups is 1. The second kappa shape index (κ2) is 8.36. The molecule has 0 aromatic heterocycles.